The Morgan fingerprint density at radius 2 is 1.92 bits per heavy atom. The minimum absolute atomic E-state index is 0.0333. The lowest BCUT2D eigenvalue weighted by Gasteiger charge is -2.36. The molecule has 0 radical (unpaired) electrons. The summed E-state index contributed by atoms with van der Waals surface area (Å²) in [6.45, 7) is 6.27. The van der Waals surface area contributed by atoms with Crippen LogP contribution in [0, 0.1) is 0 Å². The van der Waals surface area contributed by atoms with Gasteiger partial charge in [0.15, 0.2) is 5.82 Å². The summed E-state index contributed by atoms with van der Waals surface area (Å²) in [4.78, 5) is 18.3. The molecule has 1 fully saturated rings. The van der Waals surface area contributed by atoms with Crippen molar-refractivity contribution >= 4 is 29.3 Å². The largest absolute Gasteiger partial charge is 0.474 e. The first kappa shape index (κ1) is 24.8. The van der Waals surface area contributed by atoms with E-state index in [1.807, 2.05) is 43.5 Å². The maximum absolute atomic E-state index is 13.0. The highest BCUT2D eigenvalue weighted by atomic mass is 35.5. The number of halogens is 2. The van der Waals surface area contributed by atoms with Gasteiger partial charge in [0.05, 0.1) is 23.7 Å². The third kappa shape index (κ3) is 5.30. The van der Waals surface area contributed by atoms with Crippen molar-refractivity contribution in [1.82, 2.24) is 24.6 Å². The fourth-order valence-electron chi connectivity index (χ4n) is 4.76. The fourth-order valence-corrected chi connectivity index (χ4v) is 5.25. The molecule has 0 bridgehead atoms. The zero-order chi connectivity index (χ0) is 25.5. The number of nitrogens with zero attached hydrogens (tertiary/aromatic N) is 5. The number of ether oxygens (including phenoxy) is 2. The molecule has 1 saturated carbocycles. The lowest BCUT2D eigenvalue weighted by atomic mass is 9.81. The first-order valence-corrected chi connectivity index (χ1v) is 12.8. The molecular formula is C26H29Cl2N5O3. The van der Waals surface area contributed by atoms with Gasteiger partial charge in [-0.15, -0.1) is 21.8 Å². The van der Waals surface area contributed by atoms with Crippen LogP contribution in [0.3, 0.4) is 0 Å². The number of benzene rings is 1. The van der Waals surface area contributed by atoms with Crippen LogP contribution in [0.4, 0.5) is 4.79 Å². The molecule has 0 atom stereocenters. The van der Waals surface area contributed by atoms with Crippen LogP contribution in [-0.4, -0.2) is 42.4 Å². The normalized spacial score (nSPS) is 21.8. The van der Waals surface area contributed by atoms with Crippen molar-refractivity contribution < 1.29 is 14.3 Å². The minimum atomic E-state index is -0.594. The number of aromatic nitrogens is 4. The first-order chi connectivity index (χ1) is 17.1. The van der Waals surface area contributed by atoms with E-state index in [2.05, 4.69) is 27.3 Å². The van der Waals surface area contributed by atoms with E-state index in [1.54, 1.807) is 17.3 Å². The van der Waals surface area contributed by atoms with Crippen LogP contribution in [-0.2, 0) is 22.7 Å². The van der Waals surface area contributed by atoms with E-state index < -0.39 is 10.5 Å². The van der Waals surface area contributed by atoms with E-state index in [0.717, 1.165) is 42.5 Å². The van der Waals surface area contributed by atoms with E-state index in [4.69, 9.17) is 32.7 Å². The Hall–Kier alpha value is -2.84. The molecule has 1 amide bonds. The lowest BCUT2D eigenvalue weighted by molar-refractivity contribution is 0.0214. The van der Waals surface area contributed by atoms with Crippen LogP contribution in [0.1, 0.15) is 63.4 Å². The number of carbonyl (C=O) groups excluding carboxylic acids is 1. The second kappa shape index (κ2) is 9.56. The van der Waals surface area contributed by atoms with Crippen LogP contribution >= 0.6 is 23.2 Å². The van der Waals surface area contributed by atoms with Crippen molar-refractivity contribution in [3.63, 3.8) is 0 Å². The number of pyridine rings is 1. The molecule has 1 aromatic carbocycles. The zero-order valence-corrected chi connectivity index (χ0v) is 22.1. The molecular weight excluding hydrogens is 501 g/mol. The van der Waals surface area contributed by atoms with Gasteiger partial charge in [0.25, 0.3) is 0 Å². The van der Waals surface area contributed by atoms with Crippen molar-refractivity contribution in [2.45, 2.75) is 76.1 Å². The molecule has 5 rings (SSSR count). The van der Waals surface area contributed by atoms with E-state index in [9.17, 15) is 4.79 Å². The van der Waals surface area contributed by atoms with Crippen molar-refractivity contribution in [2.24, 2.45) is 0 Å². The number of fused-ring (bicyclic) bond motifs is 3. The number of hydrogen-bond donors (Lipinski definition) is 0. The predicted molar refractivity (Wildman–Crippen MR) is 137 cm³/mol. The van der Waals surface area contributed by atoms with Gasteiger partial charge in [0.1, 0.15) is 23.2 Å². The molecule has 8 nitrogen and oxygen atoms in total. The molecule has 0 saturated heterocycles. The minimum Gasteiger partial charge on any atom is -0.474 e. The van der Waals surface area contributed by atoms with E-state index in [-0.39, 0.29) is 12.2 Å². The van der Waals surface area contributed by atoms with E-state index in [1.165, 1.54) is 0 Å². The second-order valence-electron chi connectivity index (χ2n) is 10.4. The zero-order valence-electron chi connectivity index (χ0n) is 20.6. The van der Waals surface area contributed by atoms with E-state index in [0.29, 0.717) is 29.9 Å². The summed E-state index contributed by atoms with van der Waals surface area (Å²) in [7, 11) is 0. The number of amides is 1. The number of rotatable bonds is 3. The average molecular weight is 530 g/mol. The van der Waals surface area contributed by atoms with Crippen molar-refractivity contribution in [2.75, 3.05) is 0 Å². The molecule has 1 aliphatic heterocycles. The lowest BCUT2D eigenvalue weighted by Crippen LogP contribution is -2.36. The van der Waals surface area contributed by atoms with Crippen LogP contribution in [0.5, 0.6) is 5.88 Å². The number of alkyl halides is 1. The summed E-state index contributed by atoms with van der Waals surface area (Å²) in [5.41, 5.74) is 2.35. The molecule has 3 aromatic rings. The topological polar surface area (TPSA) is 82.4 Å². The maximum Gasteiger partial charge on any atom is 0.411 e. The van der Waals surface area contributed by atoms with Gasteiger partial charge in [0.2, 0.25) is 5.88 Å². The number of hydrogen-bond acceptors (Lipinski definition) is 6. The van der Waals surface area contributed by atoms with Crippen LogP contribution in [0.15, 0.2) is 42.7 Å². The van der Waals surface area contributed by atoms with Gasteiger partial charge in [-0.25, -0.2) is 9.78 Å². The Labute approximate surface area is 220 Å². The summed E-state index contributed by atoms with van der Waals surface area (Å²) < 4.78 is 13.6. The molecule has 1 aliphatic carbocycles. The Bertz CT molecular complexity index is 1260. The van der Waals surface area contributed by atoms with Gasteiger partial charge < -0.3 is 9.47 Å². The van der Waals surface area contributed by atoms with Crippen LogP contribution in [0.25, 0.3) is 5.69 Å². The molecule has 0 unspecified atom stereocenters. The van der Waals surface area contributed by atoms with Gasteiger partial charge >= 0.3 is 6.09 Å². The van der Waals surface area contributed by atoms with Crippen molar-refractivity contribution in [3.05, 3.63) is 64.8 Å². The van der Waals surface area contributed by atoms with Crippen LogP contribution < -0.4 is 4.74 Å². The molecule has 2 aliphatic rings. The summed E-state index contributed by atoms with van der Waals surface area (Å²) in [6.07, 6.45) is 4.44. The standard InChI is InChI=1S/C26H29Cl2N5O3/c1-25(2,3)36-24(34)32-14-17-13-18(7-8-20(17)33-16-29-31-22(33)15-32)26(28)11-9-19(10-12-26)35-23-6-4-5-21(27)30-23/h4-8,13,16,19H,9-12,14-15H2,1-3H3. The molecule has 0 spiro atoms. The van der Waals surface area contributed by atoms with Crippen molar-refractivity contribution in [3.8, 4) is 11.6 Å². The van der Waals surface area contributed by atoms with E-state index >= 15 is 0 Å². The summed E-state index contributed by atoms with van der Waals surface area (Å²) >= 11 is 13.2. The van der Waals surface area contributed by atoms with Gasteiger partial charge in [-0.3, -0.25) is 9.47 Å². The highest BCUT2D eigenvalue weighted by Gasteiger charge is 2.37. The summed E-state index contributed by atoms with van der Waals surface area (Å²) in [5.74, 6) is 1.21. The molecule has 10 heteroatoms. The number of carbonyl (C=O) groups is 1. The smallest absolute Gasteiger partial charge is 0.411 e. The molecule has 36 heavy (non-hydrogen) atoms. The second-order valence-corrected chi connectivity index (χ2v) is 11.5. The molecule has 190 valence electrons. The van der Waals surface area contributed by atoms with Gasteiger partial charge in [-0.2, -0.15) is 0 Å². The molecule has 0 N–H and O–H groups in total. The maximum atomic E-state index is 13.0. The average Bonchev–Trinajstić information content (AvgIpc) is 3.21. The summed E-state index contributed by atoms with van der Waals surface area (Å²) in [6, 6.07) is 11.6. The third-order valence-corrected chi connectivity index (χ3v) is 7.33. The third-order valence-electron chi connectivity index (χ3n) is 6.52. The van der Waals surface area contributed by atoms with Gasteiger partial charge in [-0.05, 0) is 69.7 Å². The predicted octanol–water partition coefficient (Wildman–Crippen LogP) is 6.02. The van der Waals surface area contributed by atoms with Crippen LogP contribution in [0.2, 0.25) is 5.15 Å². The van der Waals surface area contributed by atoms with Gasteiger partial charge in [-0.1, -0.05) is 29.8 Å². The quantitative estimate of drug-likeness (QED) is 0.304. The van der Waals surface area contributed by atoms with Crippen molar-refractivity contribution in [1.29, 1.82) is 0 Å². The first-order valence-electron chi connectivity index (χ1n) is 12.1. The highest BCUT2D eigenvalue weighted by molar-refractivity contribution is 6.29. The van der Waals surface area contributed by atoms with Gasteiger partial charge in [0, 0.05) is 6.07 Å². The summed E-state index contributed by atoms with van der Waals surface area (Å²) in [5, 5.41) is 8.71. The SMILES string of the molecule is CC(C)(C)OC(=O)N1Cc2cc(C3(Cl)CCC(Oc4cccc(Cl)n4)CC3)ccc2-n2cnnc2C1. The Morgan fingerprint density at radius 1 is 1.14 bits per heavy atom. The highest BCUT2D eigenvalue weighted by Crippen LogP contribution is 2.45. The monoisotopic (exact) mass is 529 g/mol. The molecule has 3 heterocycles. The Kier molecular flexibility index (Phi) is 6.59. The fraction of sp³-hybridized carbons (Fsp3) is 0.462. The molecule has 2 aromatic heterocycles. The Morgan fingerprint density at radius 3 is 2.64 bits per heavy atom. The Balaban J connectivity index is 1.36.